The molecule has 0 atom stereocenters. The van der Waals surface area contributed by atoms with E-state index >= 15 is 0 Å². The molecule has 0 aliphatic carbocycles. The van der Waals surface area contributed by atoms with Crippen LogP contribution < -0.4 is 5.32 Å². The summed E-state index contributed by atoms with van der Waals surface area (Å²) < 4.78 is 1.95. The maximum atomic E-state index is 9.74. The second-order valence-electron chi connectivity index (χ2n) is 3.72. The smallest absolute Gasteiger partial charge is 0.122 e. The summed E-state index contributed by atoms with van der Waals surface area (Å²) >= 11 is 12.9. The Hall–Kier alpha value is -0.710. The van der Waals surface area contributed by atoms with Crippen LogP contribution in [0.4, 0.5) is 5.69 Å². The van der Waals surface area contributed by atoms with Gasteiger partial charge in [-0.15, -0.1) is 0 Å². The van der Waals surface area contributed by atoms with Gasteiger partial charge in [-0.05, 0) is 46.3 Å². The van der Waals surface area contributed by atoms with Crippen LogP contribution in [0.2, 0.25) is 5.02 Å². The molecule has 0 saturated heterocycles. The van der Waals surface area contributed by atoms with Crippen LogP contribution in [-0.2, 0) is 6.54 Å². The highest BCUT2D eigenvalue weighted by Crippen LogP contribution is 2.29. The van der Waals surface area contributed by atoms with E-state index in [-0.39, 0.29) is 5.75 Å². The van der Waals surface area contributed by atoms with Crippen molar-refractivity contribution in [3.63, 3.8) is 0 Å². The average Bonchev–Trinajstić information content (AvgIpc) is 2.31. The fraction of sp³-hybridized carbons (Fsp3) is 0.0769. The van der Waals surface area contributed by atoms with Crippen molar-refractivity contribution in [1.82, 2.24) is 0 Å². The maximum absolute atomic E-state index is 9.74. The molecule has 0 aromatic heterocycles. The summed E-state index contributed by atoms with van der Waals surface area (Å²) in [6, 6.07) is 10.9. The molecule has 0 aliphatic heterocycles. The highest BCUT2D eigenvalue weighted by atomic mass is 79.9. The topological polar surface area (TPSA) is 32.3 Å². The summed E-state index contributed by atoms with van der Waals surface area (Å²) in [5.74, 6) is 0.197. The van der Waals surface area contributed by atoms with Crippen LogP contribution in [0.25, 0.3) is 0 Å². The molecule has 18 heavy (non-hydrogen) atoms. The number of aromatic hydroxyl groups is 1. The number of hydrogen-bond acceptors (Lipinski definition) is 2. The van der Waals surface area contributed by atoms with Crippen molar-refractivity contribution < 1.29 is 5.11 Å². The molecule has 0 radical (unpaired) electrons. The molecule has 0 bridgehead atoms. The number of phenols is 1. The molecule has 2 rings (SSSR count). The number of nitrogens with one attached hydrogen (secondary N) is 1. The summed E-state index contributed by atoms with van der Waals surface area (Å²) in [5, 5.41) is 13.5. The van der Waals surface area contributed by atoms with Crippen molar-refractivity contribution >= 4 is 49.1 Å². The first-order valence-electron chi connectivity index (χ1n) is 5.23. The molecular formula is C13H10Br2ClNO. The number of hydrogen-bond donors (Lipinski definition) is 2. The number of benzene rings is 2. The molecule has 0 aliphatic rings. The van der Waals surface area contributed by atoms with Gasteiger partial charge in [0.1, 0.15) is 5.75 Å². The van der Waals surface area contributed by atoms with E-state index in [9.17, 15) is 5.11 Å². The summed E-state index contributed by atoms with van der Waals surface area (Å²) in [5.41, 5.74) is 1.63. The predicted molar refractivity (Wildman–Crippen MR) is 82.3 cm³/mol. The molecule has 0 amide bonds. The van der Waals surface area contributed by atoms with E-state index in [2.05, 4.69) is 37.2 Å². The van der Waals surface area contributed by atoms with Crippen molar-refractivity contribution in [3.8, 4) is 5.75 Å². The third-order valence-electron chi connectivity index (χ3n) is 2.48. The van der Waals surface area contributed by atoms with Gasteiger partial charge in [-0.25, -0.2) is 0 Å². The minimum atomic E-state index is 0.197. The standard InChI is InChI=1S/C13H10Br2ClNO/c14-8-4-5-12(10(15)6-8)17-7-9-11(16)2-1-3-13(9)18/h1-6,17-18H,7H2. The van der Waals surface area contributed by atoms with E-state index < -0.39 is 0 Å². The summed E-state index contributed by atoms with van der Waals surface area (Å²) in [7, 11) is 0. The van der Waals surface area contributed by atoms with Crippen LogP contribution in [0.1, 0.15) is 5.56 Å². The maximum Gasteiger partial charge on any atom is 0.122 e. The molecule has 0 saturated carbocycles. The second kappa shape index (κ2) is 5.95. The van der Waals surface area contributed by atoms with E-state index in [1.807, 2.05) is 18.2 Å². The zero-order valence-electron chi connectivity index (χ0n) is 9.25. The summed E-state index contributed by atoms with van der Waals surface area (Å²) in [4.78, 5) is 0. The molecular weight excluding hydrogens is 381 g/mol. The Morgan fingerprint density at radius 3 is 2.61 bits per heavy atom. The van der Waals surface area contributed by atoms with Crippen molar-refractivity contribution in [1.29, 1.82) is 0 Å². The minimum Gasteiger partial charge on any atom is -0.508 e. The Balaban J connectivity index is 2.16. The van der Waals surface area contributed by atoms with Crippen LogP contribution in [-0.4, -0.2) is 5.11 Å². The first-order valence-corrected chi connectivity index (χ1v) is 7.19. The Morgan fingerprint density at radius 1 is 1.17 bits per heavy atom. The minimum absolute atomic E-state index is 0.197. The summed E-state index contributed by atoms with van der Waals surface area (Å²) in [6.45, 7) is 0.464. The predicted octanol–water partition coefficient (Wildman–Crippen LogP) is 5.18. The van der Waals surface area contributed by atoms with Gasteiger partial charge in [0, 0.05) is 31.8 Å². The quantitative estimate of drug-likeness (QED) is 0.755. The number of phenolic OH excluding ortho intramolecular Hbond substituents is 1. The Kier molecular flexibility index (Phi) is 4.54. The van der Waals surface area contributed by atoms with Crippen LogP contribution in [0.5, 0.6) is 5.75 Å². The van der Waals surface area contributed by atoms with Gasteiger partial charge in [0.2, 0.25) is 0 Å². The Labute approximate surface area is 127 Å². The second-order valence-corrected chi connectivity index (χ2v) is 5.89. The molecule has 2 N–H and O–H groups in total. The molecule has 0 heterocycles. The fourth-order valence-electron chi connectivity index (χ4n) is 1.54. The molecule has 0 fully saturated rings. The highest BCUT2D eigenvalue weighted by Gasteiger charge is 2.07. The lowest BCUT2D eigenvalue weighted by Gasteiger charge is -2.11. The van der Waals surface area contributed by atoms with Gasteiger partial charge in [0.15, 0.2) is 0 Å². The third-order valence-corrected chi connectivity index (χ3v) is 3.98. The normalized spacial score (nSPS) is 10.4. The lowest BCUT2D eigenvalue weighted by atomic mass is 10.2. The molecule has 94 valence electrons. The largest absolute Gasteiger partial charge is 0.508 e. The fourth-order valence-corrected chi connectivity index (χ4v) is 2.96. The zero-order valence-corrected chi connectivity index (χ0v) is 13.2. The van der Waals surface area contributed by atoms with Crippen LogP contribution in [0, 0.1) is 0 Å². The highest BCUT2D eigenvalue weighted by molar-refractivity contribution is 9.11. The Morgan fingerprint density at radius 2 is 1.94 bits per heavy atom. The van der Waals surface area contributed by atoms with Gasteiger partial charge in [0.25, 0.3) is 0 Å². The number of anilines is 1. The van der Waals surface area contributed by atoms with Gasteiger partial charge >= 0.3 is 0 Å². The van der Waals surface area contributed by atoms with Gasteiger partial charge in [0.05, 0.1) is 0 Å². The van der Waals surface area contributed by atoms with Gasteiger partial charge < -0.3 is 10.4 Å². The molecule has 0 spiro atoms. The van der Waals surface area contributed by atoms with Crippen LogP contribution in [0.3, 0.4) is 0 Å². The van der Waals surface area contributed by atoms with Gasteiger partial charge in [-0.3, -0.25) is 0 Å². The third kappa shape index (κ3) is 3.19. The van der Waals surface area contributed by atoms with Crippen molar-refractivity contribution in [2.45, 2.75) is 6.54 Å². The SMILES string of the molecule is Oc1cccc(Cl)c1CNc1ccc(Br)cc1Br. The van der Waals surface area contributed by atoms with Gasteiger partial charge in [-0.1, -0.05) is 33.6 Å². The van der Waals surface area contributed by atoms with Crippen LogP contribution >= 0.6 is 43.5 Å². The van der Waals surface area contributed by atoms with Crippen molar-refractivity contribution in [3.05, 3.63) is 55.9 Å². The molecule has 2 nitrogen and oxygen atoms in total. The molecule has 2 aromatic carbocycles. The van der Waals surface area contributed by atoms with E-state index in [1.54, 1.807) is 18.2 Å². The lowest BCUT2D eigenvalue weighted by Crippen LogP contribution is -2.01. The Bertz CT molecular complexity index is 555. The average molecular weight is 391 g/mol. The van der Waals surface area contributed by atoms with Crippen LogP contribution in [0.15, 0.2) is 45.3 Å². The molecule has 5 heteroatoms. The first-order chi connectivity index (χ1) is 8.58. The van der Waals surface area contributed by atoms with E-state index in [1.165, 1.54) is 0 Å². The number of halogens is 3. The van der Waals surface area contributed by atoms with E-state index in [4.69, 9.17) is 11.6 Å². The van der Waals surface area contributed by atoms with Crippen molar-refractivity contribution in [2.75, 3.05) is 5.32 Å². The molecule has 2 aromatic rings. The van der Waals surface area contributed by atoms with Crippen molar-refractivity contribution in [2.24, 2.45) is 0 Å². The zero-order chi connectivity index (χ0) is 13.1. The monoisotopic (exact) mass is 389 g/mol. The first kappa shape index (κ1) is 13.7. The van der Waals surface area contributed by atoms with E-state index in [0.717, 1.165) is 14.6 Å². The molecule has 0 unspecified atom stereocenters. The van der Waals surface area contributed by atoms with E-state index in [0.29, 0.717) is 17.1 Å². The number of rotatable bonds is 3. The summed E-state index contributed by atoms with van der Waals surface area (Å²) in [6.07, 6.45) is 0. The lowest BCUT2D eigenvalue weighted by molar-refractivity contribution is 0.469. The van der Waals surface area contributed by atoms with Gasteiger partial charge in [-0.2, -0.15) is 0 Å².